The number of H-pyrrole nitrogens is 1. The van der Waals surface area contributed by atoms with Crippen LogP contribution >= 0.6 is 0 Å². The van der Waals surface area contributed by atoms with Gasteiger partial charge in [0.2, 0.25) is 5.91 Å². The minimum atomic E-state index is 0.126. The van der Waals surface area contributed by atoms with Crippen LogP contribution in [0.3, 0.4) is 0 Å². The van der Waals surface area contributed by atoms with Crippen molar-refractivity contribution in [3.8, 4) is 22.3 Å². The first-order chi connectivity index (χ1) is 16.7. The second kappa shape index (κ2) is 8.62. The Balaban J connectivity index is 1.24. The molecule has 1 amide bonds. The van der Waals surface area contributed by atoms with E-state index < -0.39 is 0 Å². The van der Waals surface area contributed by atoms with Crippen LogP contribution in [0.1, 0.15) is 18.4 Å². The van der Waals surface area contributed by atoms with Crippen molar-refractivity contribution in [1.82, 2.24) is 34.4 Å². The molecule has 34 heavy (non-hydrogen) atoms. The van der Waals surface area contributed by atoms with E-state index in [4.69, 9.17) is 0 Å². The van der Waals surface area contributed by atoms with Crippen LogP contribution in [0.4, 0.5) is 0 Å². The maximum absolute atomic E-state index is 12.5. The number of pyridine rings is 1. The Morgan fingerprint density at radius 2 is 1.68 bits per heavy atom. The van der Waals surface area contributed by atoms with Crippen LogP contribution in [0, 0.1) is 0 Å². The number of carbonyl (C=O) groups is 1. The van der Waals surface area contributed by atoms with E-state index in [1.54, 1.807) is 10.9 Å². The first kappa shape index (κ1) is 20.4. The number of fused-ring (bicyclic) bond motifs is 1. The topological polar surface area (TPSA) is 84.6 Å². The molecule has 170 valence electrons. The lowest BCUT2D eigenvalue weighted by molar-refractivity contribution is -0.130. The van der Waals surface area contributed by atoms with Gasteiger partial charge in [-0.1, -0.05) is 30.3 Å². The van der Waals surface area contributed by atoms with Crippen molar-refractivity contribution < 1.29 is 4.79 Å². The number of benzene rings is 1. The molecule has 4 aromatic heterocycles. The lowest BCUT2D eigenvalue weighted by atomic mass is 10.1. The monoisotopic (exact) mass is 451 g/mol. The highest BCUT2D eigenvalue weighted by atomic mass is 16.2. The summed E-state index contributed by atoms with van der Waals surface area (Å²) in [5, 5.41) is 9.99. The Morgan fingerprint density at radius 1 is 0.912 bits per heavy atom. The van der Waals surface area contributed by atoms with Crippen LogP contribution in [-0.2, 0) is 17.9 Å². The lowest BCUT2D eigenvalue weighted by Gasteiger charge is -2.14. The number of nitrogens with one attached hydrogen (secondary N) is 1. The molecule has 1 aliphatic rings. The molecular weight excluding hydrogens is 426 g/mol. The zero-order valence-electron chi connectivity index (χ0n) is 18.8. The molecular formula is C26H25N7O. The predicted octanol–water partition coefficient (Wildman–Crippen LogP) is 3.96. The van der Waals surface area contributed by atoms with E-state index in [-0.39, 0.29) is 12.5 Å². The van der Waals surface area contributed by atoms with Gasteiger partial charge < -0.3 is 9.88 Å². The molecule has 8 nitrogen and oxygen atoms in total. The maximum atomic E-state index is 12.5. The maximum Gasteiger partial charge on any atom is 0.244 e. The summed E-state index contributed by atoms with van der Waals surface area (Å²) in [6.07, 6.45) is 13.7. The largest absolute Gasteiger partial charge is 0.346 e. The zero-order chi connectivity index (χ0) is 22.9. The van der Waals surface area contributed by atoms with Crippen molar-refractivity contribution >= 4 is 16.9 Å². The summed E-state index contributed by atoms with van der Waals surface area (Å²) in [7, 11) is 0. The van der Waals surface area contributed by atoms with E-state index in [1.165, 1.54) is 5.56 Å². The minimum absolute atomic E-state index is 0.126. The van der Waals surface area contributed by atoms with Gasteiger partial charge in [0, 0.05) is 65.5 Å². The van der Waals surface area contributed by atoms with E-state index in [0.29, 0.717) is 0 Å². The first-order valence-electron chi connectivity index (χ1n) is 11.6. The van der Waals surface area contributed by atoms with Gasteiger partial charge >= 0.3 is 0 Å². The summed E-state index contributed by atoms with van der Waals surface area (Å²) < 4.78 is 3.66. The molecule has 0 spiro atoms. The van der Waals surface area contributed by atoms with Gasteiger partial charge in [0.15, 0.2) is 0 Å². The summed E-state index contributed by atoms with van der Waals surface area (Å²) in [5.74, 6) is 0.126. The van der Waals surface area contributed by atoms with E-state index in [2.05, 4.69) is 44.6 Å². The average Bonchev–Trinajstić information content (AvgIpc) is 3.66. The Morgan fingerprint density at radius 3 is 2.53 bits per heavy atom. The van der Waals surface area contributed by atoms with Crippen LogP contribution in [0.25, 0.3) is 33.3 Å². The van der Waals surface area contributed by atoms with Gasteiger partial charge in [0.05, 0.1) is 18.9 Å². The molecule has 0 saturated carbocycles. The predicted molar refractivity (Wildman–Crippen MR) is 130 cm³/mol. The normalized spacial score (nSPS) is 13.7. The third-order valence-electron chi connectivity index (χ3n) is 6.39. The highest BCUT2D eigenvalue weighted by molar-refractivity contribution is 5.95. The fraction of sp³-hybridized carbons (Fsp3) is 0.231. The van der Waals surface area contributed by atoms with Crippen molar-refractivity contribution in [2.75, 3.05) is 13.1 Å². The number of rotatable bonds is 6. The zero-order valence-corrected chi connectivity index (χ0v) is 18.8. The molecule has 0 atom stereocenters. The van der Waals surface area contributed by atoms with Gasteiger partial charge in [0.1, 0.15) is 12.2 Å². The van der Waals surface area contributed by atoms with Gasteiger partial charge in [-0.05, 0) is 24.5 Å². The molecule has 1 saturated heterocycles. The molecule has 6 rings (SSSR count). The smallest absolute Gasteiger partial charge is 0.244 e. The molecule has 5 aromatic rings. The second-order valence-electron chi connectivity index (χ2n) is 8.75. The number of hydrogen-bond donors (Lipinski definition) is 1. The fourth-order valence-electron chi connectivity index (χ4n) is 4.56. The summed E-state index contributed by atoms with van der Waals surface area (Å²) in [6, 6.07) is 12.4. The Labute approximate surface area is 196 Å². The summed E-state index contributed by atoms with van der Waals surface area (Å²) in [6.45, 7) is 2.70. The molecule has 1 aliphatic heterocycles. The second-order valence-corrected chi connectivity index (χ2v) is 8.75. The van der Waals surface area contributed by atoms with Crippen LogP contribution < -0.4 is 0 Å². The Bertz CT molecular complexity index is 1440. The number of aromatic amines is 1. The molecule has 5 heterocycles. The van der Waals surface area contributed by atoms with Crippen LogP contribution in [-0.4, -0.2) is 53.4 Å². The number of hydrogen-bond acceptors (Lipinski definition) is 4. The number of likely N-dealkylation sites (tertiary alicyclic amines) is 1. The van der Waals surface area contributed by atoms with Crippen molar-refractivity contribution in [3.05, 3.63) is 79.1 Å². The average molecular weight is 452 g/mol. The molecule has 0 bridgehead atoms. The van der Waals surface area contributed by atoms with E-state index in [1.807, 2.05) is 52.6 Å². The van der Waals surface area contributed by atoms with Crippen LogP contribution in [0.2, 0.25) is 0 Å². The molecule has 0 aliphatic carbocycles. The SMILES string of the molecule is O=C(Cn1cc(-c2cnc3[nH]cc(-c4cnn(Cc5ccccc5)c4)c3c2)cn1)N1CCCC1. The fourth-order valence-corrected chi connectivity index (χ4v) is 4.56. The number of carbonyl (C=O) groups excluding carboxylic acids is 1. The minimum Gasteiger partial charge on any atom is -0.346 e. The quantitative estimate of drug-likeness (QED) is 0.424. The van der Waals surface area contributed by atoms with Gasteiger partial charge in [0.25, 0.3) is 0 Å². The number of amides is 1. The van der Waals surface area contributed by atoms with Crippen molar-refractivity contribution in [1.29, 1.82) is 0 Å². The third-order valence-corrected chi connectivity index (χ3v) is 6.39. The Hall–Kier alpha value is -4.20. The van der Waals surface area contributed by atoms with Crippen LogP contribution in [0.15, 0.2) is 73.6 Å². The first-order valence-corrected chi connectivity index (χ1v) is 11.6. The summed E-state index contributed by atoms with van der Waals surface area (Å²) in [4.78, 5) is 22.3. The highest BCUT2D eigenvalue weighted by Crippen LogP contribution is 2.30. The summed E-state index contributed by atoms with van der Waals surface area (Å²) >= 11 is 0. The van der Waals surface area contributed by atoms with E-state index >= 15 is 0 Å². The van der Waals surface area contributed by atoms with E-state index in [9.17, 15) is 4.79 Å². The van der Waals surface area contributed by atoms with Gasteiger partial charge in [-0.2, -0.15) is 10.2 Å². The van der Waals surface area contributed by atoms with Crippen LogP contribution in [0.5, 0.6) is 0 Å². The lowest BCUT2D eigenvalue weighted by Crippen LogP contribution is -2.31. The summed E-state index contributed by atoms with van der Waals surface area (Å²) in [5.41, 5.74) is 6.03. The standard InChI is InChI=1S/C26H25N7O/c34-25(31-8-4-5-9-31)18-33-16-21(12-29-33)20-10-23-24(14-28-26(23)27-11-20)22-13-30-32(17-22)15-19-6-2-1-3-7-19/h1-3,6-7,10-14,16-17H,4-5,8-9,15,18H2,(H,27,28). The van der Waals surface area contributed by atoms with Gasteiger partial charge in [-0.3, -0.25) is 14.2 Å². The van der Waals surface area contributed by atoms with Crippen molar-refractivity contribution in [2.24, 2.45) is 0 Å². The molecule has 1 aromatic carbocycles. The molecule has 1 N–H and O–H groups in total. The molecule has 8 heteroatoms. The third kappa shape index (κ3) is 3.98. The Kier molecular flexibility index (Phi) is 5.18. The van der Waals surface area contributed by atoms with Crippen molar-refractivity contribution in [3.63, 3.8) is 0 Å². The van der Waals surface area contributed by atoms with Crippen molar-refractivity contribution in [2.45, 2.75) is 25.9 Å². The molecule has 0 radical (unpaired) electrons. The molecule has 1 fully saturated rings. The highest BCUT2D eigenvalue weighted by Gasteiger charge is 2.18. The molecule has 0 unspecified atom stereocenters. The number of nitrogens with zero attached hydrogens (tertiary/aromatic N) is 6. The van der Waals surface area contributed by atoms with Gasteiger partial charge in [-0.25, -0.2) is 4.98 Å². The van der Waals surface area contributed by atoms with E-state index in [0.717, 1.165) is 65.8 Å². The van der Waals surface area contributed by atoms with Gasteiger partial charge in [-0.15, -0.1) is 0 Å². The number of aromatic nitrogens is 6.